The molecule has 24 heavy (non-hydrogen) atoms. The highest BCUT2D eigenvalue weighted by molar-refractivity contribution is 5.92. The van der Waals surface area contributed by atoms with Crippen LogP contribution >= 0.6 is 0 Å². The zero-order valence-electron chi connectivity index (χ0n) is 13.9. The first-order valence-corrected chi connectivity index (χ1v) is 7.67. The van der Waals surface area contributed by atoms with Crippen LogP contribution < -0.4 is 9.47 Å². The van der Waals surface area contributed by atoms with Crippen molar-refractivity contribution in [3.8, 4) is 11.5 Å². The number of rotatable bonds is 3. The molecule has 2 aromatic carbocycles. The van der Waals surface area contributed by atoms with E-state index in [2.05, 4.69) is 6.58 Å². The molecule has 0 aromatic heterocycles. The van der Waals surface area contributed by atoms with E-state index in [-0.39, 0.29) is 5.97 Å². The van der Waals surface area contributed by atoms with Crippen molar-refractivity contribution in [1.29, 1.82) is 0 Å². The molecular formula is C20H18O4. The summed E-state index contributed by atoms with van der Waals surface area (Å²) in [6, 6.07) is 11.0. The number of carbonyl (C=O) groups excluding carboxylic acids is 2. The Balaban J connectivity index is 2.11. The number of aryl methyl sites for hydroxylation is 2. The average molecular weight is 322 g/mol. The molecule has 0 saturated carbocycles. The third-order valence-corrected chi connectivity index (χ3v) is 3.95. The Morgan fingerprint density at radius 1 is 1.08 bits per heavy atom. The molecule has 0 fully saturated rings. The van der Waals surface area contributed by atoms with Crippen LogP contribution in [0.15, 0.2) is 48.6 Å². The van der Waals surface area contributed by atoms with Crippen molar-refractivity contribution in [2.75, 3.05) is 0 Å². The van der Waals surface area contributed by atoms with Crippen molar-refractivity contribution in [2.45, 2.75) is 26.7 Å². The quantitative estimate of drug-likeness (QED) is 0.489. The van der Waals surface area contributed by atoms with Gasteiger partial charge in [0.05, 0.1) is 0 Å². The molecule has 0 aliphatic carbocycles. The third kappa shape index (κ3) is 2.83. The van der Waals surface area contributed by atoms with Crippen LogP contribution in [0.3, 0.4) is 0 Å². The number of benzene rings is 2. The standard InChI is InChI=1S/C20H18O4/c1-11(2)19(21)23-16-7-5-12(3)9-14(16)18-15-10-13(4)6-8-17(15)24-20(18)22/h5-10,18H,1H2,2-4H3. The molecule has 4 nitrogen and oxygen atoms in total. The second-order valence-electron chi connectivity index (χ2n) is 6.11. The Morgan fingerprint density at radius 2 is 1.71 bits per heavy atom. The number of esters is 2. The van der Waals surface area contributed by atoms with Gasteiger partial charge in [-0.1, -0.05) is 42.0 Å². The molecule has 0 radical (unpaired) electrons. The van der Waals surface area contributed by atoms with Crippen LogP contribution in [0.5, 0.6) is 11.5 Å². The molecule has 1 aliphatic rings. The van der Waals surface area contributed by atoms with E-state index in [1.54, 1.807) is 19.1 Å². The second-order valence-corrected chi connectivity index (χ2v) is 6.11. The molecule has 0 saturated heterocycles. The summed E-state index contributed by atoms with van der Waals surface area (Å²) in [6.07, 6.45) is 0. The van der Waals surface area contributed by atoms with E-state index in [9.17, 15) is 9.59 Å². The molecule has 0 N–H and O–H groups in total. The van der Waals surface area contributed by atoms with Crippen molar-refractivity contribution in [3.63, 3.8) is 0 Å². The van der Waals surface area contributed by atoms with Crippen molar-refractivity contribution < 1.29 is 19.1 Å². The normalized spacial score (nSPS) is 15.6. The van der Waals surface area contributed by atoms with Crippen molar-refractivity contribution in [2.24, 2.45) is 0 Å². The van der Waals surface area contributed by atoms with Crippen LogP contribution in [0.1, 0.15) is 35.1 Å². The van der Waals surface area contributed by atoms with Gasteiger partial charge in [-0.2, -0.15) is 0 Å². The van der Waals surface area contributed by atoms with Gasteiger partial charge in [-0.15, -0.1) is 0 Å². The summed E-state index contributed by atoms with van der Waals surface area (Å²) >= 11 is 0. The molecule has 0 bridgehead atoms. The van der Waals surface area contributed by atoms with Gasteiger partial charge < -0.3 is 9.47 Å². The van der Waals surface area contributed by atoms with Crippen molar-refractivity contribution in [3.05, 3.63) is 70.8 Å². The highest BCUT2D eigenvalue weighted by Crippen LogP contribution is 2.43. The Labute approximate surface area is 140 Å². The van der Waals surface area contributed by atoms with E-state index in [1.165, 1.54) is 0 Å². The van der Waals surface area contributed by atoms with Gasteiger partial charge >= 0.3 is 11.9 Å². The van der Waals surface area contributed by atoms with E-state index in [0.717, 1.165) is 16.7 Å². The maximum Gasteiger partial charge on any atom is 0.338 e. The molecular weight excluding hydrogens is 304 g/mol. The molecule has 1 unspecified atom stereocenters. The lowest BCUT2D eigenvalue weighted by molar-refractivity contribution is -0.134. The smallest absolute Gasteiger partial charge is 0.338 e. The number of carbonyl (C=O) groups is 2. The number of hydrogen-bond donors (Lipinski definition) is 0. The van der Waals surface area contributed by atoms with E-state index in [1.807, 2.05) is 38.1 Å². The third-order valence-electron chi connectivity index (χ3n) is 3.95. The Morgan fingerprint density at radius 3 is 2.38 bits per heavy atom. The summed E-state index contributed by atoms with van der Waals surface area (Å²) in [4.78, 5) is 24.4. The van der Waals surface area contributed by atoms with E-state index < -0.39 is 11.9 Å². The predicted octanol–water partition coefficient (Wildman–Crippen LogP) is 3.84. The molecule has 3 rings (SSSR count). The molecule has 2 aromatic rings. The van der Waals surface area contributed by atoms with Crippen molar-refractivity contribution in [1.82, 2.24) is 0 Å². The topological polar surface area (TPSA) is 52.6 Å². The summed E-state index contributed by atoms with van der Waals surface area (Å²) in [7, 11) is 0. The molecule has 0 amide bonds. The molecule has 122 valence electrons. The second kappa shape index (κ2) is 5.96. The zero-order valence-corrected chi connectivity index (χ0v) is 13.9. The first kappa shape index (κ1) is 16.0. The fraction of sp³-hybridized carbons (Fsp3) is 0.200. The lowest BCUT2D eigenvalue weighted by Crippen LogP contribution is -2.15. The number of fused-ring (bicyclic) bond motifs is 1. The van der Waals surface area contributed by atoms with Gasteiger partial charge in [0.2, 0.25) is 0 Å². The molecule has 1 heterocycles. The van der Waals surface area contributed by atoms with Gasteiger partial charge in [0.1, 0.15) is 17.4 Å². The minimum atomic E-state index is -0.604. The minimum absolute atomic E-state index is 0.298. The molecule has 4 heteroatoms. The van der Waals surface area contributed by atoms with Gasteiger partial charge in [-0.3, -0.25) is 4.79 Å². The highest BCUT2D eigenvalue weighted by atomic mass is 16.5. The summed E-state index contributed by atoms with van der Waals surface area (Å²) in [5.41, 5.74) is 3.71. The zero-order chi connectivity index (χ0) is 17.4. The first-order valence-electron chi connectivity index (χ1n) is 7.67. The Bertz CT molecular complexity index is 864. The molecule has 1 atom stereocenters. The summed E-state index contributed by atoms with van der Waals surface area (Å²) in [5.74, 6) is -0.586. The van der Waals surface area contributed by atoms with E-state index in [4.69, 9.17) is 9.47 Å². The van der Waals surface area contributed by atoms with Gasteiger partial charge in [0.15, 0.2) is 0 Å². The largest absolute Gasteiger partial charge is 0.425 e. The predicted molar refractivity (Wildman–Crippen MR) is 90.3 cm³/mol. The molecule has 0 spiro atoms. The fourth-order valence-corrected chi connectivity index (χ4v) is 2.75. The first-order chi connectivity index (χ1) is 11.4. The average Bonchev–Trinajstić information content (AvgIpc) is 2.84. The number of ether oxygens (including phenoxy) is 2. The van der Waals surface area contributed by atoms with Crippen LogP contribution in [0.4, 0.5) is 0 Å². The van der Waals surface area contributed by atoms with Gasteiger partial charge in [0.25, 0.3) is 0 Å². The van der Waals surface area contributed by atoms with Gasteiger partial charge in [0, 0.05) is 16.7 Å². The maximum atomic E-state index is 12.4. The van der Waals surface area contributed by atoms with Gasteiger partial charge in [-0.05, 0) is 32.9 Å². The summed E-state index contributed by atoms with van der Waals surface area (Å²) in [6.45, 7) is 9.05. The van der Waals surface area contributed by atoms with Crippen LogP contribution in [0.25, 0.3) is 0 Å². The SMILES string of the molecule is C=C(C)C(=O)Oc1ccc(C)cc1C1C(=O)Oc2ccc(C)cc21. The lowest BCUT2D eigenvalue weighted by atomic mass is 9.90. The maximum absolute atomic E-state index is 12.4. The summed E-state index contributed by atoms with van der Waals surface area (Å²) < 4.78 is 10.8. The van der Waals surface area contributed by atoms with E-state index in [0.29, 0.717) is 22.6 Å². The van der Waals surface area contributed by atoms with Crippen LogP contribution in [-0.4, -0.2) is 11.9 Å². The number of hydrogen-bond acceptors (Lipinski definition) is 4. The lowest BCUT2D eigenvalue weighted by Gasteiger charge is -2.15. The highest BCUT2D eigenvalue weighted by Gasteiger charge is 2.36. The van der Waals surface area contributed by atoms with Crippen LogP contribution in [-0.2, 0) is 9.59 Å². The monoisotopic (exact) mass is 322 g/mol. The summed E-state index contributed by atoms with van der Waals surface area (Å²) in [5, 5.41) is 0. The fourth-order valence-electron chi connectivity index (χ4n) is 2.75. The van der Waals surface area contributed by atoms with E-state index >= 15 is 0 Å². The Kier molecular flexibility index (Phi) is 3.97. The molecule has 1 aliphatic heterocycles. The minimum Gasteiger partial charge on any atom is -0.425 e. The Hall–Kier alpha value is -2.88. The van der Waals surface area contributed by atoms with Crippen LogP contribution in [0.2, 0.25) is 0 Å². The van der Waals surface area contributed by atoms with Crippen molar-refractivity contribution >= 4 is 11.9 Å². The van der Waals surface area contributed by atoms with Gasteiger partial charge in [-0.25, -0.2) is 4.79 Å². The van der Waals surface area contributed by atoms with Crippen LogP contribution in [0, 0.1) is 13.8 Å².